The smallest absolute Gasteiger partial charge is 0.176 e. The number of fused-ring (bicyclic) bond motifs is 2. The standard InChI is InChI=1S/C21H20F2N4S2/c1-11-12(4-3-7-27(11)2)16-8-13-15(5-6-24-21(13)29-16)26-19-14(22)9-17-20(18(19)23)25-10-28-17/h5-6,8-12H,3-4,7H2,1-2H3,(H,24,26)/t11-,12?/m1/s1. The van der Waals surface area contributed by atoms with Crippen molar-refractivity contribution in [3.63, 3.8) is 0 Å². The lowest BCUT2D eigenvalue weighted by atomic mass is 9.89. The summed E-state index contributed by atoms with van der Waals surface area (Å²) in [5.74, 6) is -0.841. The first kappa shape index (κ1) is 18.8. The zero-order valence-electron chi connectivity index (χ0n) is 16.1. The first-order chi connectivity index (χ1) is 14.0. The molecule has 0 saturated carbocycles. The Morgan fingerprint density at radius 3 is 2.97 bits per heavy atom. The number of pyridine rings is 1. The fourth-order valence-electron chi connectivity index (χ4n) is 4.12. The van der Waals surface area contributed by atoms with E-state index in [0.717, 1.165) is 23.2 Å². The first-order valence-electron chi connectivity index (χ1n) is 9.60. The molecule has 8 heteroatoms. The topological polar surface area (TPSA) is 41.1 Å². The maximum Gasteiger partial charge on any atom is 0.176 e. The van der Waals surface area contributed by atoms with Gasteiger partial charge in [0, 0.05) is 28.4 Å². The van der Waals surface area contributed by atoms with Crippen molar-refractivity contribution in [3.8, 4) is 0 Å². The third kappa shape index (κ3) is 3.19. The van der Waals surface area contributed by atoms with E-state index in [1.165, 1.54) is 34.2 Å². The third-order valence-electron chi connectivity index (χ3n) is 5.90. The summed E-state index contributed by atoms with van der Waals surface area (Å²) < 4.78 is 30.0. The van der Waals surface area contributed by atoms with Crippen LogP contribution in [0.5, 0.6) is 0 Å². The lowest BCUT2D eigenvalue weighted by molar-refractivity contribution is 0.176. The van der Waals surface area contributed by atoms with Gasteiger partial charge in [0.2, 0.25) is 0 Å². The van der Waals surface area contributed by atoms with E-state index >= 15 is 0 Å². The molecule has 0 spiro atoms. The van der Waals surface area contributed by atoms with Crippen molar-refractivity contribution in [2.24, 2.45) is 0 Å². The molecule has 1 unspecified atom stereocenters. The summed E-state index contributed by atoms with van der Waals surface area (Å²) >= 11 is 2.89. The van der Waals surface area contributed by atoms with Crippen molar-refractivity contribution in [3.05, 3.63) is 46.4 Å². The Labute approximate surface area is 175 Å². The van der Waals surface area contributed by atoms with Crippen LogP contribution in [-0.4, -0.2) is 34.5 Å². The molecule has 1 N–H and O–H groups in total. The predicted molar refractivity (Wildman–Crippen MR) is 117 cm³/mol. The minimum atomic E-state index is -0.663. The molecule has 1 aromatic carbocycles. The summed E-state index contributed by atoms with van der Waals surface area (Å²) in [6, 6.07) is 5.68. The molecule has 4 heterocycles. The number of thiophene rings is 1. The number of benzene rings is 1. The molecule has 5 rings (SSSR count). The second kappa shape index (κ2) is 7.27. The van der Waals surface area contributed by atoms with Crippen LogP contribution in [0.25, 0.3) is 20.4 Å². The summed E-state index contributed by atoms with van der Waals surface area (Å²) in [5, 5.41) is 3.87. The van der Waals surface area contributed by atoms with Gasteiger partial charge in [-0.1, -0.05) is 0 Å². The number of nitrogens with zero attached hydrogens (tertiary/aromatic N) is 3. The molecule has 4 nitrogen and oxygen atoms in total. The van der Waals surface area contributed by atoms with Crippen molar-refractivity contribution in [2.75, 3.05) is 18.9 Å². The van der Waals surface area contributed by atoms with Gasteiger partial charge in [-0.15, -0.1) is 22.7 Å². The van der Waals surface area contributed by atoms with Gasteiger partial charge >= 0.3 is 0 Å². The van der Waals surface area contributed by atoms with E-state index in [1.807, 2.05) is 0 Å². The number of likely N-dealkylation sites (N-methyl/N-ethyl adjacent to an activating group) is 1. The third-order valence-corrected chi connectivity index (χ3v) is 7.85. The zero-order valence-corrected chi connectivity index (χ0v) is 17.7. The van der Waals surface area contributed by atoms with E-state index in [1.54, 1.807) is 23.6 Å². The van der Waals surface area contributed by atoms with Gasteiger partial charge in [0.25, 0.3) is 0 Å². The number of rotatable bonds is 3. The molecular formula is C21H20F2N4S2. The Bertz CT molecular complexity index is 1200. The van der Waals surface area contributed by atoms with E-state index in [9.17, 15) is 8.78 Å². The average molecular weight is 431 g/mol. The van der Waals surface area contributed by atoms with E-state index < -0.39 is 11.6 Å². The van der Waals surface area contributed by atoms with E-state index in [0.29, 0.717) is 22.3 Å². The van der Waals surface area contributed by atoms with Crippen LogP contribution >= 0.6 is 22.7 Å². The second-order valence-electron chi connectivity index (χ2n) is 7.57. The molecule has 29 heavy (non-hydrogen) atoms. The van der Waals surface area contributed by atoms with Crippen LogP contribution in [0.1, 0.15) is 30.6 Å². The molecule has 3 aromatic heterocycles. The van der Waals surface area contributed by atoms with Gasteiger partial charge < -0.3 is 10.2 Å². The van der Waals surface area contributed by atoms with Crippen molar-refractivity contribution < 1.29 is 8.78 Å². The van der Waals surface area contributed by atoms with Gasteiger partial charge in [0.05, 0.1) is 15.9 Å². The molecular weight excluding hydrogens is 410 g/mol. The summed E-state index contributed by atoms with van der Waals surface area (Å²) in [4.78, 5) is 13.1. The quantitative estimate of drug-likeness (QED) is 0.425. The van der Waals surface area contributed by atoms with E-state index in [4.69, 9.17) is 0 Å². The SMILES string of the molecule is C[C@@H]1C(c2cc3c(Nc4c(F)cc5scnc5c4F)ccnc3s2)CCCN1C. The minimum Gasteiger partial charge on any atom is -0.350 e. The molecule has 0 aliphatic carbocycles. The Balaban J connectivity index is 1.56. The highest BCUT2D eigenvalue weighted by atomic mass is 32.1. The molecule has 1 fully saturated rings. The fraction of sp³-hybridized carbons (Fsp3) is 0.333. The Morgan fingerprint density at radius 2 is 2.10 bits per heavy atom. The highest BCUT2D eigenvalue weighted by Crippen LogP contribution is 2.41. The molecule has 4 aromatic rings. The maximum atomic E-state index is 14.9. The Morgan fingerprint density at radius 1 is 1.24 bits per heavy atom. The highest BCUT2D eigenvalue weighted by molar-refractivity contribution is 7.18. The fourth-order valence-corrected chi connectivity index (χ4v) is 6.08. The lowest BCUT2D eigenvalue weighted by Gasteiger charge is -2.36. The number of hydrogen-bond donors (Lipinski definition) is 1. The number of aromatic nitrogens is 2. The van der Waals surface area contributed by atoms with Crippen LogP contribution in [0.3, 0.4) is 0 Å². The van der Waals surface area contributed by atoms with Gasteiger partial charge in [-0.3, -0.25) is 0 Å². The molecule has 0 bridgehead atoms. The second-order valence-corrected chi connectivity index (χ2v) is 9.52. The molecule has 1 aliphatic rings. The molecule has 0 amide bonds. The molecule has 1 aliphatic heterocycles. The molecule has 150 valence electrons. The minimum absolute atomic E-state index is 0.172. The number of hydrogen-bond acceptors (Lipinski definition) is 6. The number of likely N-dealkylation sites (tertiary alicyclic amines) is 1. The van der Waals surface area contributed by atoms with E-state index in [2.05, 4.69) is 40.2 Å². The summed E-state index contributed by atoms with van der Waals surface area (Å²) in [7, 11) is 2.16. The summed E-state index contributed by atoms with van der Waals surface area (Å²) in [6.07, 6.45) is 3.99. The number of halogens is 2. The maximum absolute atomic E-state index is 14.9. The normalized spacial score (nSPS) is 20.6. The molecule has 0 radical (unpaired) electrons. The van der Waals surface area contributed by atoms with Gasteiger partial charge in [-0.25, -0.2) is 18.7 Å². The average Bonchev–Trinajstić information content (AvgIpc) is 3.34. The van der Waals surface area contributed by atoms with Crippen molar-refractivity contribution >= 4 is 54.5 Å². The highest BCUT2D eigenvalue weighted by Gasteiger charge is 2.28. The van der Waals surface area contributed by atoms with Crippen LogP contribution in [0.4, 0.5) is 20.2 Å². The van der Waals surface area contributed by atoms with Gasteiger partial charge in [-0.2, -0.15) is 0 Å². The number of anilines is 2. The first-order valence-corrected chi connectivity index (χ1v) is 11.3. The van der Waals surface area contributed by atoms with Gasteiger partial charge in [0.15, 0.2) is 11.6 Å². The summed E-state index contributed by atoms with van der Waals surface area (Å²) in [5.41, 5.74) is 2.19. The van der Waals surface area contributed by atoms with Crippen LogP contribution in [0, 0.1) is 11.6 Å². The molecule has 1 saturated heterocycles. The lowest BCUT2D eigenvalue weighted by Crippen LogP contribution is -2.38. The van der Waals surface area contributed by atoms with Gasteiger partial charge in [-0.05, 0) is 51.6 Å². The molecule has 2 atom stereocenters. The van der Waals surface area contributed by atoms with Crippen molar-refractivity contribution in [1.82, 2.24) is 14.9 Å². The van der Waals surface area contributed by atoms with Crippen LogP contribution < -0.4 is 5.32 Å². The van der Waals surface area contributed by atoms with Crippen LogP contribution in [0.15, 0.2) is 29.9 Å². The van der Waals surface area contributed by atoms with Crippen molar-refractivity contribution in [1.29, 1.82) is 0 Å². The van der Waals surface area contributed by atoms with Crippen LogP contribution in [0.2, 0.25) is 0 Å². The van der Waals surface area contributed by atoms with Gasteiger partial charge in [0.1, 0.15) is 16.0 Å². The van der Waals surface area contributed by atoms with E-state index in [-0.39, 0.29) is 11.2 Å². The Kier molecular flexibility index (Phi) is 4.72. The summed E-state index contributed by atoms with van der Waals surface area (Å²) in [6.45, 7) is 3.37. The number of nitrogens with one attached hydrogen (secondary N) is 1. The number of thiazole rings is 1. The zero-order chi connectivity index (χ0) is 20.1. The monoisotopic (exact) mass is 430 g/mol. The predicted octanol–water partition coefficient (Wildman–Crippen LogP) is 6.13. The largest absolute Gasteiger partial charge is 0.350 e. The van der Waals surface area contributed by atoms with Crippen LogP contribution in [-0.2, 0) is 0 Å². The number of piperidine rings is 1. The Hall–Kier alpha value is -2.16. The van der Waals surface area contributed by atoms with Crippen molar-refractivity contribution in [2.45, 2.75) is 31.7 Å².